The van der Waals surface area contributed by atoms with E-state index in [0.29, 0.717) is 0 Å². The Morgan fingerprint density at radius 2 is 2.06 bits per heavy atom. The van der Waals surface area contributed by atoms with Crippen LogP contribution in [0.2, 0.25) is 0 Å². The number of aliphatic hydroxyl groups excluding tert-OH is 2. The van der Waals surface area contributed by atoms with Gasteiger partial charge in [-0.1, -0.05) is 0 Å². The summed E-state index contributed by atoms with van der Waals surface area (Å²) in [7, 11) is -3.32. The molecule has 2 atom stereocenters. The molecule has 1 aliphatic heterocycles. The first-order valence-corrected chi connectivity index (χ1v) is 7.11. The van der Waals surface area contributed by atoms with E-state index in [0.717, 1.165) is 4.90 Å². The SMILES string of the molecule is O=C(CCl)N(CCO)[C@H]1CS(=O)(=O)C[C@H]1O. The molecule has 0 aromatic heterocycles. The van der Waals surface area contributed by atoms with Gasteiger partial charge in [-0.25, -0.2) is 8.42 Å². The molecule has 1 aliphatic rings. The maximum atomic E-state index is 11.4. The van der Waals surface area contributed by atoms with Crippen LogP contribution < -0.4 is 0 Å². The molecule has 2 N–H and O–H groups in total. The van der Waals surface area contributed by atoms with Gasteiger partial charge in [-0.2, -0.15) is 0 Å². The number of amides is 1. The second-order valence-electron chi connectivity index (χ2n) is 3.66. The summed E-state index contributed by atoms with van der Waals surface area (Å²) in [5, 5.41) is 18.4. The molecule has 1 fully saturated rings. The Morgan fingerprint density at radius 1 is 1.44 bits per heavy atom. The van der Waals surface area contributed by atoms with Gasteiger partial charge in [-0.15, -0.1) is 11.6 Å². The van der Waals surface area contributed by atoms with Gasteiger partial charge in [0.15, 0.2) is 9.84 Å². The fourth-order valence-electron chi connectivity index (χ4n) is 1.77. The van der Waals surface area contributed by atoms with E-state index in [-0.39, 0.29) is 30.5 Å². The highest BCUT2D eigenvalue weighted by molar-refractivity contribution is 7.91. The lowest BCUT2D eigenvalue weighted by Crippen LogP contribution is -2.48. The van der Waals surface area contributed by atoms with E-state index in [1.54, 1.807) is 0 Å². The van der Waals surface area contributed by atoms with Crippen molar-refractivity contribution < 1.29 is 23.4 Å². The number of carbonyl (C=O) groups is 1. The number of rotatable bonds is 4. The van der Waals surface area contributed by atoms with E-state index in [1.165, 1.54) is 0 Å². The second kappa shape index (κ2) is 5.31. The van der Waals surface area contributed by atoms with Crippen molar-refractivity contribution in [2.75, 3.05) is 30.5 Å². The van der Waals surface area contributed by atoms with Gasteiger partial charge in [0.2, 0.25) is 5.91 Å². The minimum atomic E-state index is -3.32. The molecule has 0 aromatic carbocycles. The molecule has 16 heavy (non-hydrogen) atoms. The van der Waals surface area contributed by atoms with Crippen LogP contribution in [0.4, 0.5) is 0 Å². The molecule has 1 heterocycles. The first-order valence-electron chi connectivity index (χ1n) is 4.76. The van der Waals surface area contributed by atoms with Gasteiger partial charge in [0.05, 0.1) is 30.3 Å². The van der Waals surface area contributed by atoms with Gasteiger partial charge in [0.1, 0.15) is 5.88 Å². The van der Waals surface area contributed by atoms with Crippen molar-refractivity contribution in [1.82, 2.24) is 4.90 Å². The smallest absolute Gasteiger partial charge is 0.237 e. The van der Waals surface area contributed by atoms with E-state index in [4.69, 9.17) is 16.7 Å². The molecule has 0 aromatic rings. The minimum absolute atomic E-state index is 0.0250. The van der Waals surface area contributed by atoms with E-state index in [9.17, 15) is 18.3 Å². The van der Waals surface area contributed by atoms with Crippen LogP contribution in [-0.2, 0) is 14.6 Å². The molecule has 8 heteroatoms. The number of nitrogens with zero attached hydrogens (tertiary/aromatic N) is 1. The first kappa shape index (κ1) is 13.7. The van der Waals surface area contributed by atoms with Crippen LogP contribution >= 0.6 is 11.6 Å². The Labute approximate surface area is 98.7 Å². The molecular weight excluding hydrogens is 258 g/mol. The van der Waals surface area contributed by atoms with E-state index < -0.39 is 27.9 Å². The van der Waals surface area contributed by atoms with Crippen molar-refractivity contribution in [2.45, 2.75) is 12.1 Å². The van der Waals surface area contributed by atoms with E-state index >= 15 is 0 Å². The summed E-state index contributed by atoms with van der Waals surface area (Å²) in [6, 6.07) is -0.802. The zero-order chi connectivity index (χ0) is 12.3. The van der Waals surface area contributed by atoms with Crippen molar-refractivity contribution in [3.05, 3.63) is 0 Å². The average molecular weight is 272 g/mol. The fraction of sp³-hybridized carbons (Fsp3) is 0.875. The molecule has 0 bridgehead atoms. The largest absolute Gasteiger partial charge is 0.395 e. The van der Waals surface area contributed by atoms with Crippen molar-refractivity contribution in [1.29, 1.82) is 0 Å². The number of hydrogen-bond donors (Lipinski definition) is 2. The van der Waals surface area contributed by atoms with Crippen LogP contribution in [0.3, 0.4) is 0 Å². The highest BCUT2D eigenvalue weighted by atomic mass is 35.5. The van der Waals surface area contributed by atoms with E-state index in [1.807, 2.05) is 0 Å². The molecular formula is C8H14ClNO5S. The molecule has 0 saturated carbocycles. The van der Waals surface area contributed by atoms with Crippen LogP contribution in [0, 0.1) is 0 Å². The maximum absolute atomic E-state index is 11.4. The van der Waals surface area contributed by atoms with Crippen molar-refractivity contribution >= 4 is 27.3 Å². The molecule has 94 valence electrons. The quantitative estimate of drug-likeness (QED) is 0.589. The summed E-state index contributed by atoms with van der Waals surface area (Å²) in [5.41, 5.74) is 0. The van der Waals surface area contributed by atoms with Gasteiger partial charge in [-0.05, 0) is 0 Å². The highest BCUT2D eigenvalue weighted by Gasteiger charge is 2.41. The summed E-state index contributed by atoms with van der Waals surface area (Å²) in [5.74, 6) is -1.42. The number of alkyl halides is 1. The summed E-state index contributed by atoms with van der Waals surface area (Å²) in [6.07, 6.45) is -1.11. The summed E-state index contributed by atoms with van der Waals surface area (Å²) in [4.78, 5) is 12.5. The lowest BCUT2D eigenvalue weighted by Gasteiger charge is -2.28. The molecule has 0 radical (unpaired) electrons. The average Bonchev–Trinajstić information content (AvgIpc) is 2.47. The molecule has 0 aliphatic carbocycles. The topological polar surface area (TPSA) is 94.9 Å². The van der Waals surface area contributed by atoms with Gasteiger partial charge in [-0.3, -0.25) is 4.79 Å². The zero-order valence-corrected chi connectivity index (χ0v) is 10.1. The van der Waals surface area contributed by atoms with Gasteiger partial charge in [0, 0.05) is 6.54 Å². The molecule has 6 nitrogen and oxygen atoms in total. The lowest BCUT2D eigenvalue weighted by atomic mass is 10.2. The molecule has 0 spiro atoms. The number of hydrogen-bond acceptors (Lipinski definition) is 5. The lowest BCUT2D eigenvalue weighted by molar-refractivity contribution is -0.132. The number of halogens is 1. The van der Waals surface area contributed by atoms with Gasteiger partial charge < -0.3 is 15.1 Å². The summed E-state index contributed by atoms with van der Waals surface area (Å²) in [6.45, 7) is -0.325. The third kappa shape index (κ3) is 3.07. The van der Waals surface area contributed by atoms with Crippen LogP contribution in [0.5, 0.6) is 0 Å². The Kier molecular flexibility index (Phi) is 4.54. The van der Waals surface area contributed by atoms with Crippen LogP contribution in [0.1, 0.15) is 0 Å². The van der Waals surface area contributed by atoms with E-state index in [2.05, 4.69) is 0 Å². The molecule has 0 unspecified atom stereocenters. The third-order valence-corrected chi connectivity index (χ3v) is 4.40. The van der Waals surface area contributed by atoms with Gasteiger partial charge in [0.25, 0.3) is 0 Å². The Morgan fingerprint density at radius 3 is 2.44 bits per heavy atom. The number of carbonyl (C=O) groups excluding carboxylic acids is 1. The normalized spacial score (nSPS) is 27.9. The predicted molar refractivity (Wildman–Crippen MR) is 58.0 cm³/mol. The third-order valence-electron chi connectivity index (χ3n) is 2.47. The Hall–Kier alpha value is -0.370. The Balaban J connectivity index is 2.83. The monoisotopic (exact) mass is 271 g/mol. The van der Waals surface area contributed by atoms with Crippen molar-refractivity contribution in [2.24, 2.45) is 0 Å². The number of aliphatic hydroxyl groups is 2. The van der Waals surface area contributed by atoms with Crippen LogP contribution in [-0.4, -0.2) is 72.1 Å². The summed E-state index contributed by atoms with van der Waals surface area (Å²) < 4.78 is 22.6. The fourth-order valence-corrected chi connectivity index (χ4v) is 3.72. The second-order valence-corrected chi connectivity index (χ2v) is 6.08. The molecule has 1 saturated heterocycles. The van der Waals surface area contributed by atoms with Gasteiger partial charge >= 0.3 is 0 Å². The van der Waals surface area contributed by atoms with Crippen molar-refractivity contribution in [3.8, 4) is 0 Å². The zero-order valence-electron chi connectivity index (χ0n) is 8.54. The molecule has 1 rings (SSSR count). The minimum Gasteiger partial charge on any atom is -0.395 e. The maximum Gasteiger partial charge on any atom is 0.237 e. The summed E-state index contributed by atoms with van der Waals surface area (Å²) >= 11 is 5.38. The highest BCUT2D eigenvalue weighted by Crippen LogP contribution is 2.18. The first-order chi connectivity index (χ1) is 7.41. The predicted octanol–water partition coefficient (Wildman–Crippen LogP) is -1.80. The number of sulfone groups is 1. The van der Waals surface area contributed by atoms with Crippen LogP contribution in [0.25, 0.3) is 0 Å². The molecule has 1 amide bonds. The van der Waals surface area contributed by atoms with Crippen LogP contribution in [0.15, 0.2) is 0 Å². The Bertz CT molecular complexity index is 357. The standard InChI is InChI=1S/C8H14ClNO5S/c9-3-8(13)10(1-2-11)6-4-16(14,15)5-7(6)12/h6-7,11-12H,1-5H2/t6-,7+/m0/s1. The van der Waals surface area contributed by atoms with Crippen molar-refractivity contribution in [3.63, 3.8) is 0 Å².